The van der Waals surface area contributed by atoms with Gasteiger partial charge in [-0.3, -0.25) is 0 Å². The van der Waals surface area contributed by atoms with Crippen LogP contribution in [0.4, 0.5) is 0 Å². The van der Waals surface area contributed by atoms with E-state index < -0.39 is 6.04 Å². The first kappa shape index (κ1) is 22.5. The van der Waals surface area contributed by atoms with E-state index in [0.717, 1.165) is 12.8 Å². The summed E-state index contributed by atoms with van der Waals surface area (Å²) in [6, 6.07) is -0.528. The SMILES string of the molecule is CCCCCCCCCCCCCOC(=O)[C@H](C[SeH])NC(C)=O. The second-order valence-corrected chi connectivity index (χ2v) is 6.90. The summed E-state index contributed by atoms with van der Waals surface area (Å²) in [5.41, 5.74) is 0. The Kier molecular flexibility index (Phi) is 15.9. The van der Waals surface area contributed by atoms with Crippen molar-refractivity contribution >= 4 is 27.9 Å². The van der Waals surface area contributed by atoms with Crippen LogP contribution in [0.2, 0.25) is 5.32 Å². The van der Waals surface area contributed by atoms with Gasteiger partial charge in [-0.2, -0.15) is 0 Å². The number of rotatable bonds is 15. The third kappa shape index (κ3) is 14.8. The molecule has 0 saturated heterocycles. The van der Waals surface area contributed by atoms with Gasteiger partial charge >= 0.3 is 117 Å². The fourth-order valence-electron chi connectivity index (χ4n) is 2.46. The zero-order valence-corrected chi connectivity index (χ0v) is 16.8. The van der Waals surface area contributed by atoms with Crippen LogP contribution in [-0.2, 0) is 14.3 Å². The van der Waals surface area contributed by atoms with E-state index in [2.05, 4.69) is 28.3 Å². The topological polar surface area (TPSA) is 55.4 Å². The van der Waals surface area contributed by atoms with Crippen LogP contribution in [0.15, 0.2) is 0 Å². The summed E-state index contributed by atoms with van der Waals surface area (Å²) in [5, 5.41) is 3.10. The first-order chi connectivity index (χ1) is 11.1. The molecule has 0 aliphatic heterocycles. The van der Waals surface area contributed by atoms with Crippen molar-refractivity contribution in [3.63, 3.8) is 0 Å². The van der Waals surface area contributed by atoms with E-state index in [0.29, 0.717) is 11.9 Å². The van der Waals surface area contributed by atoms with Gasteiger partial charge in [0, 0.05) is 0 Å². The molecule has 0 radical (unpaired) electrons. The van der Waals surface area contributed by atoms with E-state index in [1.807, 2.05) is 0 Å². The molecule has 4 nitrogen and oxygen atoms in total. The molecule has 1 atom stereocenters. The van der Waals surface area contributed by atoms with E-state index >= 15 is 0 Å². The zero-order chi connectivity index (χ0) is 17.3. The summed E-state index contributed by atoms with van der Waals surface area (Å²) in [6.45, 7) is 4.12. The molecule has 5 heteroatoms. The molecule has 0 aliphatic rings. The van der Waals surface area contributed by atoms with Gasteiger partial charge in [0.1, 0.15) is 0 Å². The zero-order valence-electron chi connectivity index (χ0n) is 14.9. The van der Waals surface area contributed by atoms with E-state index in [-0.39, 0.29) is 11.9 Å². The number of carbonyl (C=O) groups is 2. The Bertz CT molecular complexity index is 311. The Labute approximate surface area is 150 Å². The molecule has 0 aromatic carbocycles. The van der Waals surface area contributed by atoms with Crippen molar-refractivity contribution < 1.29 is 14.3 Å². The molecule has 0 aromatic heterocycles. The summed E-state index contributed by atoms with van der Waals surface area (Å²) in [5.74, 6) is -0.527. The monoisotopic (exact) mass is 393 g/mol. The van der Waals surface area contributed by atoms with Crippen molar-refractivity contribution in [2.45, 2.75) is 95.8 Å². The van der Waals surface area contributed by atoms with E-state index in [1.165, 1.54) is 64.7 Å². The van der Waals surface area contributed by atoms with Gasteiger partial charge in [-0.05, 0) is 0 Å². The summed E-state index contributed by atoms with van der Waals surface area (Å²) < 4.78 is 5.21. The molecule has 0 bridgehead atoms. The molecule has 1 amide bonds. The van der Waals surface area contributed by atoms with Crippen LogP contribution in [0, 0.1) is 0 Å². The average Bonchev–Trinajstić information content (AvgIpc) is 2.53. The van der Waals surface area contributed by atoms with Gasteiger partial charge < -0.3 is 0 Å². The molecule has 0 fully saturated rings. The van der Waals surface area contributed by atoms with Crippen LogP contribution in [0.3, 0.4) is 0 Å². The molecule has 0 heterocycles. The minimum atomic E-state index is -0.528. The summed E-state index contributed by atoms with van der Waals surface area (Å²) in [4.78, 5) is 22.7. The number of hydrogen-bond donors (Lipinski definition) is 1. The molecule has 23 heavy (non-hydrogen) atoms. The maximum absolute atomic E-state index is 11.7. The van der Waals surface area contributed by atoms with Crippen molar-refractivity contribution in [1.82, 2.24) is 5.32 Å². The molecular formula is C18H35NO3Se. The van der Waals surface area contributed by atoms with Crippen molar-refractivity contribution in [1.29, 1.82) is 0 Å². The molecule has 1 N–H and O–H groups in total. The molecule has 136 valence electrons. The van der Waals surface area contributed by atoms with Crippen LogP contribution < -0.4 is 5.32 Å². The van der Waals surface area contributed by atoms with Crippen LogP contribution in [-0.4, -0.2) is 40.5 Å². The Hall–Kier alpha value is -0.541. The number of unbranched alkanes of at least 4 members (excludes halogenated alkanes) is 10. The molecule has 0 saturated carbocycles. The third-order valence-corrected chi connectivity index (χ3v) is 4.60. The van der Waals surface area contributed by atoms with Crippen molar-refractivity contribution in [3.8, 4) is 0 Å². The van der Waals surface area contributed by atoms with Gasteiger partial charge in [0.05, 0.1) is 0 Å². The van der Waals surface area contributed by atoms with Crippen LogP contribution in [0.5, 0.6) is 0 Å². The maximum atomic E-state index is 11.7. The number of amides is 1. The predicted molar refractivity (Wildman–Crippen MR) is 97.0 cm³/mol. The summed E-state index contributed by atoms with van der Waals surface area (Å²) in [6.07, 6.45) is 14.0. The predicted octanol–water partition coefficient (Wildman–Crippen LogP) is 3.66. The second kappa shape index (κ2) is 16.3. The second-order valence-electron chi connectivity index (χ2n) is 6.14. The first-order valence-electron chi connectivity index (χ1n) is 9.16. The number of carbonyl (C=O) groups excluding carboxylic acids is 2. The standard InChI is InChI=1S/C18H35NO3Se/c1-3-4-5-6-7-8-9-10-11-12-13-14-22-18(21)17(15-23)19-16(2)20/h17,23H,3-15H2,1-2H3,(H,19,20)/t17-/m0/s1. The average molecular weight is 392 g/mol. The van der Waals surface area contributed by atoms with Crippen LogP contribution in [0.25, 0.3) is 0 Å². The molecule has 0 rings (SSSR count). The number of hydrogen-bond acceptors (Lipinski definition) is 3. The van der Waals surface area contributed by atoms with Crippen molar-refractivity contribution in [2.75, 3.05) is 6.61 Å². The number of ether oxygens (including phenoxy) is 1. The van der Waals surface area contributed by atoms with Gasteiger partial charge in [-0.1, -0.05) is 32.6 Å². The fourth-order valence-corrected chi connectivity index (χ4v) is 2.97. The summed E-state index contributed by atoms with van der Waals surface area (Å²) in [7, 11) is 0. The van der Waals surface area contributed by atoms with Gasteiger partial charge in [-0.25, -0.2) is 0 Å². The van der Waals surface area contributed by atoms with Crippen LogP contribution >= 0.6 is 0 Å². The minimum absolute atomic E-state index is 0.201. The van der Waals surface area contributed by atoms with Gasteiger partial charge in [0.15, 0.2) is 0 Å². The van der Waals surface area contributed by atoms with Crippen molar-refractivity contribution in [3.05, 3.63) is 0 Å². The molecular weight excluding hydrogens is 357 g/mol. The van der Waals surface area contributed by atoms with Gasteiger partial charge in [0.25, 0.3) is 0 Å². The molecule has 0 unspecified atom stereocenters. The van der Waals surface area contributed by atoms with E-state index in [9.17, 15) is 9.59 Å². The number of esters is 1. The molecule has 0 aliphatic carbocycles. The Morgan fingerprint density at radius 1 is 0.913 bits per heavy atom. The Morgan fingerprint density at radius 3 is 1.83 bits per heavy atom. The van der Waals surface area contributed by atoms with E-state index in [4.69, 9.17) is 4.74 Å². The normalized spacial score (nSPS) is 12.0. The van der Waals surface area contributed by atoms with Crippen molar-refractivity contribution in [2.24, 2.45) is 0 Å². The van der Waals surface area contributed by atoms with Gasteiger partial charge in [-0.15, -0.1) is 0 Å². The fraction of sp³-hybridized carbons (Fsp3) is 0.889. The van der Waals surface area contributed by atoms with Gasteiger partial charge in [0.2, 0.25) is 0 Å². The van der Waals surface area contributed by atoms with E-state index in [1.54, 1.807) is 0 Å². The quantitative estimate of drug-likeness (QED) is 0.263. The Balaban J connectivity index is 3.38. The summed E-state index contributed by atoms with van der Waals surface area (Å²) >= 11 is 2.31. The molecule has 0 aromatic rings. The number of nitrogens with one attached hydrogen (secondary N) is 1. The Morgan fingerprint density at radius 2 is 1.39 bits per heavy atom. The molecule has 0 spiro atoms. The van der Waals surface area contributed by atoms with Crippen LogP contribution in [0.1, 0.15) is 84.5 Å². The first-order valence-corrected chi connectivity index (χ1v) is 10.5. The third-order valence-electron chi connectivity index (χ3n) is 3.84.